The van der Waals surface area contributed by atoms with Crippen molar-refractivity contribution in [1.82, 2.24) is 9.80 Å². The van der Waals surface area contributed by atoms with Crippen LogP contribution in [-0.2, 0) is 20.8 Å². The second kappa shape index (κ2) is 8.85. The Balaban J connectivity index is 1.20. The van der Waals surface area contributed by atoms with E-state index in [4.69, 9.17) is 0 Å². The van der Waals surface area contributed by atoms with E-state index in [9.17, 15) is 14.4 Å². The largest absolute Gasteiger partial charge is 0.340 e. The Labute approximate surface area is 190 Å². The number of hydrogen-bond acceptors (Lipinski definition) is 4. The highest BCUT2D eigenvalue weighted by molar-refractivity contribution is 6.01. The van der Waals surface area contributed by atoms with Crippen molar-refractivity contribution >= 4 is 29.1 Å². The van der Waals surface area contributed by atoms with Crippen LogP contribution in [0.1, 0.15) is 51.0 Å². The molecule has 1 unspecified atom stereocenters. The van der Waals surface area contributed by atoms with Gasteiger partial charge in [0.25, 0.3) is 0 Å². The molecular weight excluding hydrogens is 404 g/mol. The summed E-state index contributed by atoms with van der Waals surface area (Å²) in [6.45, 7) is 6.19. The zero-order valence-electron chi connectivity index (χ0n) is 19.1. The Morgan fingerprint density at radius 2 is 1.72 bits per heavy atom. The van der Waals surface area contributed by atoms with Gasteiger partial charge < -0.3 is 14.7 Å². The van der Waals surface area contributed by atoms with Crippen molar-refractivity contribution in [2.24, 2.45) is 5.92 Å². The Morgan fingerprint density at radius 3 is 2.44 bits per heavy atom. The highest BCUT2D eigenvalue weighted by Gasteiger charge is 2.39. The van der Waals surface area contributed by atoms with Crippen molar-refractivity contribution in [3.63, 3.8) is 0 Å². The van der Waals surface area contributed by atoms with Gasteiger partial charge in [-0.1, -0.05) is 19.3 Å². The van der Waals surface area contributed by atoms with Gasteiger partial charge in [-0.25, -0.2) is 0 Å². The van der Waals surface area contributed by atoms with E-state index in [0.29, 0.717) is 25.6 Å². The smallest absolute Gasteiger partial charge is 0.228 e. The minimum absolute atomic E-state index is 0.0190. The maximum atomic E-state index is 13.2. The number of hydrogen-bond donors (Lipinski definition) is 0. The summed E-state index contributed by atoms with van der Waals surface area (Å²) in [5.74, 6) is -0.0627. The summed E-state index contributed by atoms with van der Waals surface area (Å²) >= 11 is 0. The summed E-state index contributed by atoms with van der Waals surface area (Å²) in [7, 11) is 0. The van der Waals surface area contributed by atoms with Crippen LogP contribution in [0.5, 0.6) is 0 Å². The quantitative estimate of drug-likeness (QED) is 0.727. The van der Waals surface area contributed by atoms with Crippen molar-refractivity contribution in [3.05, 3.63) is 23.8 Å². The molecule has 0 N–H and O–H groups in total. The highest BCUT2D eigenvalue weighted by atomic mass is 16.2. The van der Waals surface area contributed by atoms with Gasteiger partial charge in [0.1, 0.15) is 0 Å². The highest BCUT2D eigenvalue weighted by Crippen LogP contribution is 2.34. The molecule has 3 aliphatic heterocycles. The van der Waals surface area contributed by atoms with Gasteiger partial charge in [-0.15, -0.1) is 0 Å². The topological polar surface area (TPSA) is 64.2 Å². The number of nitrogens with zero attached hydrogens (tertiary/aromatic N) is 4. The molecule has 7 nitrogen and oxygen atoms in total. The molecule has 2 saturated heterocycles. The van der Waals surface area contributed by atoms with Crippen LogP contribution in [0.15, 0.2) is 18.2 Å². The Bertz CT molecular complexity index is 902. The lowest BCUT2D eigenvalue weighted by Gasteiger charge is -2.41. The van der Waals surface area contributed by atoms with Crippen LogP contribution in [-0.4, -0.2) is 72.8 Å². The van der Waals surface area contributed by atoms with Gasteiger partial charge in [-0.3, -0.25) is 19.3 Å². The van der Waals surface area contributed by atoms with Gasteiger partial charge in [0.15, 0.2) is 0 Å². The van der Waals surface area contributed by atoms with Crippen LogP contribution in [0.2, 0.25) is 0 Å². The van der Waals surface area contributed by atoms with Crippen LogP contribution in [0, 0.1) is 5.92 Å². The lowest BCUT2D eigenvalue weighted by atomic mass is 9.93. The lowest BCUT2D eigenvalue weighted by molar-refractivity contribution is -0.138. The summed E-state index contributed by atoms with van der Waals surface area (Å²) in [6.07, 6.45) is 7.71. The minimum Gasteiger partial charge on any atom is -0.340 e. The predicted molar refractivity (Wildman–Crippen MR) is 124 cm³/mol. The first-order valence-corrected chi connectivity index (χ1v) is 12.3. The molecule has 4 aliphatic rings. The number of piperazine rings is 1. The summed E-state index contributed by atoms with van der Waals surface area (Å²) in [5.41, 5.74) is 2.88. The van der Waals surface area contributed by atoms with E-state index in [-0.39, 0.29) is 23.6 Å². The average Bonchev–Trinajstić information content (AvgIpc) is 3.42. The molecule has 1 aromatic rings. The molecule has 7 heteroatoms. The van der Waals surface area contributed by atoms with Crippen molar-refractivity contribution < 1.29 is 14.4 Å². The number of fused-ring (bicyclic) bond motifs is 1. The number of amides is 3. The SMILES string of the molecule is CC(=O)N1CCc2cc(N3CC(C(=O)N4CCN(C5CCCCC5)CC4)CC3=O)ccc21. The third-order valence-electron chi connectivity index (χ3n) is 7.84. The number of anilines is 2. The van der Waals surface area contributed by atoms with Crippen LogP contribution < -0.4 is 9.80 Å². The number of rotatable bonds is 3. The first kappa shape index (κ1) is 21.4. The fourth-order valence-electron chi connectivity index (χ4n) is 6.02. The van der Waals surface area contributed by atoms with E-state index in [0.717, 1.165) is 49.5 Å². The molecule has 3 amide bonds. The Hall–Kier alpha value is -2.41. The Kier molecular flexibility index (Phi) is 5.93. The fourth-order valence-corrected chi connectivity index (χ4v) is 6.02. The maximum Gasteiger partial charge on any atom is 0.228 e. The first-order chi connectivity index (χ1) is 15.5. The predicted octanol–water partition coefficient (Wildman–Crippen LogP) is 2.43. The molecule has 0 radical (unpaired) electrons. The van der Waals surface area contributed by atoms with Crippen molar-refractivity contribution in [3.8, 4) is 0 Å². The molecule has 3 heterocycles. The first-order valence-electron chi connectivity index (χ1n) is 12.3. The van der Waals surface area contributed by atoms with Gasteiger partial charge in [-0.2, -0.15) is 0 Å². The van der Waals surface area contributed by atoms with E-state index in [1.54, 1.807) is 16.7 Å². The van der Waals surface area contributed by atoms with Crippen molar-refractivity contribution in [2.75, 3.05) is 49.1 Å². The summed E-state index contributed by atoms with van der Waals surface area (Å²) in [4.78, 5) is 45.9. The molecule has 3 fully saturated rings. The monoisotopic (exact) mass is 438 g/mol. The third kappa shape index (κ3) is 4.03. The van der Waals surface area contributed by atoms with Crippen LogP contribution in [0.4, 0.5) is 11.4 Å². The van der Waals surface area contributed by atoms with Gasteiger partial charge in [0.2, 0.25) is 17.7 Å². The minimum atomic E-state index is -0.259. The van der Waals surface area contributed by atoms with E-state index < -0.39 is 0 Å². The standard InChI is InChI=1S/C25H34N4O3/c1-18(30)28-10-9-19-15-22(7-8-23(19)28)29-17-20(16-24(29)31)25(32)27-13-11-26(12-14-27)21-5-3-2-4-6-21/h7-8,15,20-21H,2-6,9-14,16-17H2,1H3. The molecule has 1 aromatic carbocycles. The Morgan fingerprint density at radius 1 is 0.969 bits per heavy atom. The van der Waals surface area contributed by atoms with Crippen LogP contribution in [0.3, 0.4) is 0 Å². The maximum absolute atomic E-state index is 13.2. The second-order valence-corrected chi connectivity index (χ2v) is 9.79. The van der Waals surface area contributed by atoms with Crippen LogP contribution in [0.25, 0.3) is 0 Å². The molecule has 1 aliphatic carbocycles. The molecule has 5 rings (SSSR count). The third-order valence-corrected chi connectivity index (χ3v) is 7.84. The zero-order valence-corrected chi connectivity index (χ0v) is 19.1. The summed E-state index contributed by atoms with van der Waals surface area (Å²) in [6, 6.07) is 6.56. The molecule has 1 atom stereocenters. The van der Waals surface area contributed by atoms with Crippen LogP contribution >= 0.6 is 0 Å². The second-order valence-electron chi connectivity index (χ2n) is 9.79. The normalized spacial score (nSPS) is 24.8. The molecule has 1 saturated carbocycles. The van der Waals surface area contributed by atoms with Gasteiger partial charge in [-0.05, 0) is 43.0 Å². The van der Waals surface area contributed by atoms with Crippen molar-refractivity contribution in [2.45, 2.75) is 57.9 Å². The van der Waals surface area contributed by atoms with Gasteiger partial charge >= 0.3 is 0 Å². The molecule has 0 bridgehead atoms. The fraction of sp³-hybridized carbons (Fsp3) is 0.640. The molecule has 32 heavy (non-hydrogen) atoms. The van der Waals surface area contributed by atoms with E-state index in [2.05, 4.69) is 4.90 Å². The molecule has 0 spiro atoms. The van der Waals surface area contributed by atoms with E-state index >= 15 is 0 Å². The molecule has 0 aromatic heterocycles. The van der Waals surface area contributed by atoms with Gasteiger partial charge in [0, 0.05) is 70.0 Å². The molecular formula is C25H34N4O3. The zero-order chi connectivity index (χ0) is 22.2. The number of benzene rings is 1. The van der Waals surface area contributed by atoms with E-state index in [1.807, 2.05) is 23.1 Å². The number of carbonyl (C=O) groups excluding carboxylic acids is 3. The van der Waals surface area contributed by atoms with E-state index in [1.165, 1.54) is 32.1 Å². The average molecular weight is 439 g/mol. The van der Waals surface area contributed by atoms with Gasteiger partial charge in [0.05, 0.1) is 5.92 Å². The lowest BCUT2D eigenvalue weighted by Crippen LogP contribution is -2.53. The summed E-state index contributed by atoms with van der Waals surface area (Å²) in [5, 5.41) is 0. The number of carbonyl (C=O) groups is 3. The van der Waals surface area contributed by atoms with Crippen molar-refractivity contribution in [1.29, 1.82) is 0 Å². The summed E-state index contributed by atoms with van der Waals surface area (Å²) < 4.78 is 0. The molecule has 172 valence electrons.